The second-order valence-electron chi connectivity index (χ2n) is 5.16. The first-order valence-corrected chi connectivity index (χ1v) is 7.79. The molecule has 4 nitrogen and oxygen atoms in total. The van der Waals surface area contributed by atoms with Crippen molar-refractivity contribution in [3.63, 3.8) is 0 Å². The standard InChI is InChI=1S/C17H13N3O.C2H6/c1-11-7-8-13-15(9-11)18-10-14-16(13)19-20(17(14)21)12-5-3-2-4-6-12;1-2/h2-10,19H,1H3;1-2H3. The van der Waals surface area contributed by atoms with E-state index < -0.39 is 0 Å². The van der Waals surface area contributed by atoms with Gasteiger partial charge in [0.1, 0.15) is 0 Å². The van der Waals surface area contributed by atoms with Gasteiger partial charge in [-0.3, -0.25) is 14.9 Å². The molecule has 0 atom stereocenters. The van der Waals surface area contributed by atoms with Crippen molar-refractivity contribution in [1.29, 1.82) is 0 Å². The van der Waals surface area contributed by atoms with Crippen molar-refractivity contribution in [2.75, 3.05) is 0 Å². The molecule has 1 N–H and O–H groups in total. The van der Waals surface area contributed by atoms with Crippen LogP contribution in [-0.2, 0) is 0 Å². The van der Waals surface area contributed by atoms with Crippen LogP contribution in [-0.4, -0.2) is 14.8 Å². The summed E-state index contributed by atoms with van der Waals surface area (Å²) in [6, 6.07) is 15.6. The van der Waals surface area contributed by atoms with Crippen LogP contribution in [0.3, 0.4) is 0 Å². The summed E-state index contributed by atoms with van der Waals surface area (Å²) in [7, 11) is 0. The molecule has 2 aromatic heterocycles. The molecular weight excluding hydrogens is 286 g/mol. The Morgan fingerprint density at radius 3 is 2.48 bits per heavy atom. The van der Waals surface area contributed by atoms with Crippen LogP contribution in [0.2, 0.25) is 0 Å². The van der Waals surface area contributed by atoms with Gasteiger partial charge in [0.05, 0.1) is 22.1 Å². The van der Waals surface area contributed by atoms with Gasteiger partial charge in [0.25, 0.3) is 5.56 Å². The third-order valence-electron chi connectivity index (χ3n) is 3.70. The molecule has 0 amide bonds. The minimum Gasteiger partial charge on any atom is -0.290 e. The molecule has 0 bridgehead atoms. The Morgan fingerprint density at radius 1 is 1.00 bits per heavy atom. The number of fused-ring (bicyclic) bond motifs is 3. The van der Waals surface area contributed by atoms with Gasteiger partial charge in [-0.15, -0.1) is 0 Å². The fourth-order valence-corrected chi connectivity index (χ4v) is 2.63. The van der Waals surface area contributed by atoms with Crippen LogP contribution in [0.5, 0.6) is 0 Å². The zero-order valence-corrected chi connectivity index (χ0v) is 13.5. The number of aromatic nitrogens is 3. The normalized spacial score (nSPS) is 10.6. The molecule has 0 aliphatic heterocycles. The molecule has 0 aliphatic rings. The Kier molecular flexibility index (Phi) is 3.98. The van der Waals surface area contributed by atoms with Gasteiger partial charge in [0, 0.05) is 11.6 Å². The van der Waals surface area contributed by atoms with Crippen molar-refractivity contribution in [3.05, 3.63) is 70.6 Å². The molecular formula is C19H19N3O. The van der Waals surface area contributed by atoms with Gasteiger partial charge in [0.15, 0.2) is 0 Å². The van der Waals surface area contributed by atoms with Crippen LogP contribution < -0.4 is 5.56 Å². The van der Waals surface area contributed by atoms with E-state index in [9.17, 15) is 4.79 Å². The number of H-pyrrole nitrogens is 1. The zero-order chi connectivity index (χ0) is 16.4. The highest BCUT2D eigenvalue weighted by Crippen LogP contribution is 2.21. The SMILES string of the molecule is CC.Cc1ccc2c(c1)ncc1c(=O)n(-c3ccccc3)[nH]c12. The Labute approximate surface area is 134 Å². The summed E-state index contributed by atoms with van der Waals surface area (Å²) in [5, 5.41) is 4.78. The van der Waals surface area contributed by atoms with Gasteiger partial charge in [0.2, 0.25) is 0 Å². The summed E-state index contributed by atoms with van der Waals surface area (Å²) in [5.41, 5.74) is 3.61. The predicted octanol–water partition coefficient (Wildman–Crippen LogP) is 4.20. The summed E-state index contributed by atoms with van der Waals surface area (Å²) < 4.78 is 1.56. The lowest BCUT2D eigenvalue weighted by atomic mass is 10.1. The summed E-state index contributed by atoms with van der Waals surface area (Å²) in [4.78, 5) is 16.9. The Bertz CT molecular complexity index is 1010. The van der Waals surface area contributed by atoms with E-state index in [2.05, 4.69) is 10.1 Å². The maximum Gasteiger partial charge on any atom is 0.280 e. The molecule has 4 aromatic rings. The number of rotatable bonds is 1. The molecule has 4 heteroatoms. The van der Waals surface area contributed by atoms with Gasteiger partial charge < -0.3 is 0 Å². The fraction of sp³-hybridized carbons (Fsp3) is 0.158. The molecule has 2 heterocycles. The highest BCUT2D eigenvalue weighted by atomic mass is 16.1. The van der Waals surface area contributed by atoms with Crippen LogP contribution >= 0.6 is 0 Å². The highest BCUT2D eigenvalue weighted by molar-refractivity contribution is 6.02. The lowest BCUT2D eigenvalue weighted by Gasteiger charge is -2.00. The van der Waals surface area contributed by atoms with Crippen LogP contribution in [0.15, 0.2) is 59.5 Å². The predicted molar refractivity (Wildman–Crippen MR) is 95.3 cm³/mol. The Balaban J connectivity index is 0.000000753. The summed E-state index contributed by atoms with van der Waals surface area (Å²) in [5.74, 6) is 0. The van der Waals surface area contributed by atoms with E-state index in [1.54, 1.807) is 10.9 Å². The maximum absolute atomic E-state index is 12.5. The van der Waals surface area contributed by atoms with E-state index >= 15 is 0 Å². The smallest absolute Gasteiger partial charge is 0.280 e. The van der Waals surface area contributed by atoms with Gasteiger partial charge in [-0.25, -0.2) is 4.68 Å². The zero-order valence-electron chi connectivity index (χ0n) is 13.5. The molecule has 0 saturated heterocycles. The Morgan fingerprint density at radius 2 is 1.74 bits per heavy atom. The van der Waals surface area contributed by atoms with E-state index in [-0.39, 0.29) is 5.56 Å². The van der Waals surface area contributed by atoms with Crippen molar-refractivity contribution < 1.29 is 0 Å². The van der Waals surface area contributed by atoms with Gasteiger partial charge in [-0.05, 0) is 30.7 Å². The first-order chi connectivity index (χ1) is 11.2. The van der Waals surface area contributed by atoms with E-state index in [0.29, 0.717) is 5.39 Å². The molecule has 23 heavy (non-hydrogen) atoms. The number of aryl methyl sites for hydroxylation is 1. The van der Waals surface area contributed by atoms with Gasteiger partial charge >= 0.3 is 0 Å². The average Bonchev–Trinajstić information content (AvgIpc) is 2.94. The summed E-state index contributed by atoms with van der Waals surface area (Å²) in [6.07, 6.45) is 1.65. The first kappa shape index (κ1) is 15.0. The van der Waals surface area contributed by atoms with E-state index in [1.165, 1.54) is 0 Å². The Hall–Kier alpha value is -2.88. The minimum absolute atomic E-state index is 0.0776. The van der Waals surface area contributed by atoms with E-state index in [1.807, 2.05) is 69.3 Å². The number of pyridine rings is 1. The van der Waals surface area contributed by atoms with E-state index in [0.717, 1.165) is 27.7 Å². The van der Waals surface area contributed by atoms with Crippen molar-refractivity contribution >= 4 is 21.8 Å². The fourth-order valence-electron chi connectivity index (χ4n) is 2.63. The molecule has 0 saturated carbocycles. The number of nitrogens with zero attached hydrogens (tertiary/aromatic N) is 2. The van der Waals surface area contributed by atoms with Crippen LogP contribution in [0, 0.1) is 6.92 Å². The molecule has 116 valence electrons. The quantitative estimate of drug-likeness (QED) is 0.573. The van der Waals surface area contributed by atoms with Crippen molar-refractivity contribution in [2.45, 2.75) is 20.8 Å². The van der Waals surface area contributed by atoms with Crippen molar-refractivity contribution in [3.8, 4) is 5.69 Å². The number of hydrogen-bond acceptors (Lipinski definition) is 2. The lowest BCUT2D eigenvalue weighted by Crippen LogP contribution is -2.13. The monoisotopic (exact) mass is 305 g/mol. The van der Waals surface area contributed by atoms with Gasteiger partial charge in [-0.1, -0.05) is 44.2 Å². The van der Waals surface area contributed by atoms with Crippen LogP contribution in [0.25, 0.3) is 27.5 Å². The van der Waals surface area contributed by atoms with Crippen LogP contribution in [0.4, 0.5) is 0 Å². The number of aromatic amines is 1. The molecule has 0 fully saturated rings. The second-order valence-corrected chi connectivity index (χ2v) is 5.16. The summed E-state index contributed by atoms with van der Waals surface area (Å²) >= 11 is 0. The lowest BCUT2D eigenvalue weighted by molar-refractivity contribution is 0.864. The first-order valence-electron chi connectivity index (χ1n) is 7.79. The molecule has 0 radical (unpaired) electrons. The number of benzene rings is 2. The second kappa shape index (κ2) is 6.08. The molecule has 0 aliphatic carbocycles. The average molecular weight is 305 g/mol. The number of para-hydroxylation sites is 1. The third kappa shape index (κ3) is 2.52. The molecule has 2 aromatic carbocycles. The number of hydrogen-bond donors (Lipinski definition) is 1. The van der Waals surface area contributed by atoms with Crippen molar-refractivity contribution in [2.24, 2.45) is 0 Å². The molecule has 0 unspecified atom stereocenters. The minimum atomic E-state index is -0.0776. The maximum atomic E-state index is 12.5. The molecule has 4 rings (SSSR count). The highest BCUT2D eigenvalue weighted by Gasteiger charge is 2.11. The topological polar surface area (TPSA) is 50.7 Å². The molecule has 0 spiro atoms. The van der Waals surface area contributed by atoms with Crippen LogP contribution in [0.1, 0.15) is 19.4 Å². The van der Waals surface area contributed by atoms with E-state index in [4.69, 9.17) is 0 Å². The summed E-state index contributed by atoms with van der Waals surface area (Å²) in [6.45, 7) is 6.03. The van der Waals surface area contributed by atoms with Gasteiger partial charge in [-0.2, -0.15) is 0 Å². The number of nitrogens with one attached hydrogen (secondary N) is 1. The van der Waals surface area contributed by atoms with Crippen molar-refractivity contribution in [1.82, 2.24) is 14.8 Å². The largest absolute Gasteiger partial charge is 0.290 e. The third-order valence-corrected chi connectivity index (χ3v) is 3.70.